The summed E-state index contributed by atoms with van der Waals surface area (Å²) in [5, 5.41) is 19.4. The number of amides is 1. The Morgan fingerprint density at radius 2 is 2.11 bits per heavy atom. The number of aromatic nitrogens is 5. The molecule has 0 spiro atoms. The Hall–Kier alpha value is -2.25. The zero-order chi connectivity index (χ0) is 18.5. The van der Waals surface area contributed by atoms with Crippen molar-refractivity contribution in [1.29, 1.82) is 0 Å². The molecule has 144 valence electrons. The van der Waals surface area contributed by atoms with E-state index in [0.717, 1.165) is 38.3 Å². The number of tetrazole rings is 1. The lowest BCUT2D eigenvalue weighted by atomic mass is 9.80. The van der Waals surface area contributed by atoms with Crippen molar-refractivity contribution >= 4 is 17.4 Å². The molecule has 2 atom stereocenters. The third kappa shape index (κ3) is 2.76. The van der Waals surface area contributed by atoms with Gasteiger partial charge in [0.05, 0.1) is 0 Å². The van der Waals surface area contributed by atoms with Crippen LogP contribution in [0.3, 0.4) is 0 Å². The van der Waals surface area contributed by atoms with Crippen molar-refractivity contribution in [1.82, 2.24) is 30.6 Å². The normalized spacial score (nSPS) is 29.4. The lowest BCUT2D eigenvalue weighted by Crippen LogP contribution is -2.45. The van der Waals surface area contributed by atoms with Gasteiger partial charge in [-0.05, 0) is 54.2 Å². The van der Waals surface area contributed by atoms with E-state index in [0.29, 0.717) is 11.6 Å². The maximum Gasteiger partial charge on any atom is 0.225 e. The molecule has 0 unspecified atom stereocenters. The molecule has 0 aromatic carbocycles. The van der Waals surface area contributed by atoms with Crippen LogP contribution in [-0.4, -0.2) is 50.8 Å². The molecule has 1 amide bonds. The quantitative estimate of drug-likeness (QED) is 0.884. The highest BCUT2D eigenvalue weighted by Crippen LogP contribution is 2.49. The van der Waals surface area contributed by atoms with Gasteiger partial charge >= 0.3 is 0 Å². The van der Waals surface area contributed by atoms with Gasteiger partial charge in [0.15, 0.2) is 11.5 Å². The van der Waals surface area contributed by atoms with Crippen molar-refractivity contribution in [3.63, 3.8) is 0 Å². The number of hydrogen-bond acceptors (Lipinski definition) is 6. The Bertz CT molecular complexity index is 859. The first kappa shape index (κ1) is 16.9. The Morgan fingerprint density at radius 1 is 1.26 bits per heavy atom. The van der Waals surface area contributed by atoms with Gasteiger partial charge < -0.3 is 10.2 Å². The standard InChI is InChI=1S/C19H27N7O/c1-18(8-2-3-9-18)17(27)20-12-19-10-4-5-14(19)11-25(13-19)16-7-6-15-21-23-24-26(15)22-16/h6-7,14H,2-5,8-13H2,1H3,(H,20,27)/t14-,19-/m0/s1. The van der Waals surface area contributed by atoms with E-state index >= 15 is 0 Å². The summed E-state index contributed by atoms with van der Waals surface area (Å²) >= 11 is 0. The van der Waals surface area contributed by atoms with Crippen molar-refractivity contribution in [2.45, 2.75) is 51.9 Å². The van der Waals surface area contributed by atoms with Crippen molar-refractivity contribution in [3.05, 3.63) is 12.1 Å². The zero-order valence-electron chi connectivity index (χ0n) is 15.9. The molecule has 0 bridgehead atoms. The number of fused-ring (bicyclic) bond motifs is 2. The molecule has 8 heteroatoms. The fourth-order valence-corrected chi connectivity index (χ4v) is 5.54. The van der Waals surface area contributed by atoms with Crippen LogP contribution in [0.1, 0.15) is 51.9 Å². The first-order chi connectivity index (χ1) is 13.1. The van der Waals surface area contributed by atoms with Gasteiger partial charge in [0, 0.05) is 30.5 Å². The summed E-state index contributed by atoms with van der Waals surface area (Å²) in [5.74, 6) is 1.78. The second-order valence-corrected chi connectivity index (χ2v) is 9.00. The molecule has 5 rings (SSSR count). The minimum absolute atomic E-state index is 0.157. The van der Waals surface area contributed by atoms with Crippen LogP contribution < -0.4 is 10.2 Å². The third-order valence-corrected chi connectivity index (χ3v) is 7.28. The predicted molar refractivity (Wildman–Crippen MR) is 100 cm³/mol. The molecule has 27 heavy (non-hydrogen) atoms. The van der Waals surface area contributed by atoms with Crippen LogP contribution in [0.2, 0.25) is 0 Å². The molecule has 3 heterocycles. The average molecular weight is 369 g/mol. The molecular formula is C19H27N7O. The number of hydrogen-bond donors (Lipinski definition) is 1. The molecule has 2 saturated carbocycles. The highest BCUT2D eigenvalue weighted by Gasteiger charge is 2.50. The molecule has 3 aliphatic rings. The van der Waals surface area contributed by atoms with Crippen molar-refractivity contribution in [3.8, 4) is 0 Å². The van der Waals surface area contributed by atoms with Gasteiger partial charge in [-0.3, -0.25) is 4.79 Å². The van der Waals surface area contributed by atoms with E-state index in [-0.39, 0.29) is 16.7 Å². The van der Waals surface area contributed by atoms with Gasteiger partial charge in [-0.2, -0.15) is 0 Å². The van der Waals surface area contributed by atoms with Gasteiger partial charge in [0.25, 0.3) is 0 Å². The van der Waals surface area contributed by atoms with Crippen molar-refractivity contribution in [2.24, 2.45) is 16.7 Å². The van der Waals surface area contributed by atoms with E-state index in [1.54, 1.807) is 0 Å². The molecule has 2 aromatic heterocycles. The smallest absolute Gasteiger partial charge is 0.225 e. The van der Waals surface area contributed by atoms with Gasteiger partial charge in [-0.15, -0.1) is 14.8 Å². The van der Waals surface area contributed by atoms with Crippen molar-refractivity contribution < 1.29 is 4.79 Å². The monoisotopic (exact) mass is 369 g/mol. The molecule has 1 aliphatic heterocycles. The molecule has 0 radical (unpaired) electrons. The van der Waals surface area contributed by atoms with E-state index in [9.17, 15) is 4.79 Å². The fourth-order valence-electron chi connectivity index (χ4n) is 5.54. The van der Waals surface area contributed by atoms with E-state index in [2.05, 4.69) is 37.8 Å². The summed E-state index contributed by atoms with van der Waals surface area (Å²) in [6.07, 6.45) is 8.07. The number of anilines is 1. The highest BCUT2D eigenvalue weighted by molar-refractivity contribution is 5.82. The summed E-state index contributed by atoms with van der Waals surface area (Å²) in [6.45, 7) is 4.85. The van der Waals surface area contributed by atoms with E-state index in [1.807, 2.05) is 12.1 Å². The third-order valence-electron chi connectivity index (χ3n) is 7.28. The summed E-state index contributed by atoms with van der Waals surface area (Å²) in [4.78, 5) is 15.2. The summed E-state index contributed by atoms with van der Waals surface area (Å²) in [7, 11) is 0. The zero-order valence-corrected chi connectivity index (χ0v) is 15.9. The maximum atomic E-state index is 12.8. The molecule has 8 nitrogen and oxygen atoms in total. The van der Waals surface area contributed by atoms with Crippen molar-refractivity contribution in [2.75, 3.05) is 24.5 Å². The average Bonchev–Trinajstić information content (AvgIpc) is 3.42. The molecule has 3 fully saturated rings. The van der Waals surface area contributed by atoms with E-state index < -0.39 is 0 Å². The Morgan fingerprint density at radius 3 is 2.96 bits per heavy atom. The predicted octanol–water partition coefficient (Wildman–Crippen LogP) is 1.82. The van der Waals surface area contributed by atoms with Gasteiger partial charge in [-0.25, -0.2) is 0 Å². The second kappa shape index (κ2) is 6.14. The van der Waals surface area contributed by atoms with Crippen LogP contribution in [0.15, 0.2) is 12.1 Å². The van der Waals surface area contributed by atoms with E-state index in [4.69, 9.17) is 0 Å². The van der Waals surface area contributed by atoms with Crippen LogP contribution >= 0.6 is 0 Å². The Labute approximate surface area is 158 Å². The number of nitrogens with one attached hydrogen (secondary N) is 1. The van der Waals surface area contributed by atoms with Gasteiger partial charge in [0.2, 0.25) is 5.91 Å². The molecule has 2 aliphatic carbocycles. The van der Waals surface area contributed by atoms with E-state index in [1.165, 1.54) is 36.7 Å². The highest BCUT2D eigenvalue weighted by atomic mass is 16.2. The Kier molecular flexibility index (Phi) is 3.84. The molecule has 1 N–H and O–H groups in total. The van der Waals surface area contributed by atoms with Crippen LogP contribution in [0.5, 0.6) is 0 Å². The SMILES string of the molecule is CC1(C(=O)NC[C@]23CCC[C@H]2CN(c2ccc4nnnn4n2)C3)CCCC1. The first-order valence-corrected chi connectivity index (χ1v) is 10.2. The summed E-state index contributed by atoms with van der Waals surface area (Å²) in [5.41, 5.74) is 0.669. The van der Waals surface area contributed by atoms with Crippen LogP contribution in [-0.2, 0) is 4.79 Å². The molecule has 1 saturated heterocycles. The Balaban J connectivity index is 1.31. The van der Waals surface area contributed by atoms with Gasteiger partial charge in [0.1, 0.15) is 0 Å². The van der Waals surface area contributed by atoms with Crippen LogP contribution in [0.25, 0.3) is 5.65 Å². The maximum absolute atomic E-state index is 12.8. The lowest BCUT2D eigenvalue weighted by molar-refractivity contribution is -0.130. The fraction of sp³-hybridized carbons (Fsp3) is 0.737. The molecule has 2 aromatic rings. The largest absolute Gasteiger partial charge is 0.355 e. The minimum atomic E-state index is -0.157. The van der Waals surface area contributed by atoms with Gasteiger partial charge in [-0.1, -0.05) is 26.2 Å². The topological polar surface area (TPSA) is 88.3 Å². The lowest BCUT2D eigenvalue weighted by Gasteiger charge is -2.31. The summed E-state index contributed by atoms with van der Waals surface area (Å²) in [6, 6.07) is 3.91. The number of carbonyl (C=O) groups excluding carboxylic acids is 1. The molecular weight excluding hydrogens is 342 g/mol. The van der Waals surface area contributed by atoms with Crippen LogP contribution in [0, 0.1) is 16.7 Å². The second-order valence-electron chi connectivity index (χ2n) is 9.00. The first-order valence-electron chi connectivity index (χ1n) is 10.2. The number of carbonyl (C=O) groups is 1. The number of nitrogens with zero attached hydrogens (tertiary/aromatic N) is 6. The van der Waals surface area contributed by atoms with Crippen LogP contribution in [0.4, 0.5) is 5.82 Å². The number of rotatable bonds is 4. The summed E-state index contributed by atoms with van der Waals surface area (Å²) < 4.78 is 1.48. The minimum Gasteiger partial charge on any atom is -0.355 e.